The number of hydrogen-bond acceptors (Lipinski definition) is 5. The van der Waals surface area contributed by atoms with E-state index in [0.717, 1.165) is 9.35 Å². The summed E-state index contributed by atoms with van der Waals surface area (Å²) in [5.74, 6) is -0.559. The van der Waals surface area contributed by atoms with Crippen LogP contribution in [0.5, 0.6) is 0 Å². The SMILES string of the molecule is CC1(C)C(=O)NC(=O)CN1C(CN)c1cc(Br)cs1. The van der Waals surface area contributed by atoms with Gasteiger partial charge in [-0.3, -0.25) is 19.8 Å². The molecule has 2 heterocycles. The summed E-state index contributed by atoms with van der Waals surface area (Å²) in [5, 5.41) is 4.34. The molecule has 1 fully saturated rings. The van der Waals surface area contributed by atoms with E-state index < -0.39 is 5.54 Å². The van der Waals surface area contributed by atoms with E-state index in [1.54, 1.807) is 25.2 Å². The molecule has 1 aliphatic heterocycles. The van der Waals surface area contributed by atoms with Crippen LogP contribution >= 0.6 is 27.3 Å². The van der Waals surface area contributed by atoms with Crippen molar-refractivity contribution in [3.63, 3.8) is 0 Å². The number of nitrogens with two attached hydrogens (primary N) is 1. The number of halogens is 1. The first-order valence-corrected chi connectivity index (χ1v) is 7.58. The molecule has 0 aromatic carbocycles. The van der Waals surface area contributed by atoms with Crippen molar-refractivity contribution in [3.8, 4) is 0 Å². The van der Waals surface area contributed by atoms with E-state index in [9.17, 15) is 9.59 Å². The highest BCUT2D eigenvalue weighted by molar-refractivity contribution is 9.10. The first kappa shape index (κ1) is 14.6. The standard InChI is InChI=1S/C12H16BrN3O2S/c1-12(2)11(18)15-10(17)5-16(12)8(4-14)9-3-7(13)6-19-9/h3,6,8H,4-5,14H2,1-2H3,(H,15,17,18). The fourth-order valence-corrected chi connectivity index (χ4v) is 3.77. The van der Waals surface area contributed by atoms with Crippen LogP contribution in [0.3, 0.4) is 0 Å². The van der Waals surface area contributed by atoms with E-state index >= 15 is 0 Å². The minimum Gasteiger partial charge on any atom is -0.329 e. The van der Waals surface area contributed by atoms with E-state index in [1.807, 2.05) is 16.3 Å². The molecule has 0 saturated carbocycles. The second-order valence-electron chi connectivity index (χ2n) is 4.98. The molecular weight excluding hydrogens is 330 g/mol. The highest BCUT2D eigenvalue weighted by atomic mass is 79.9. The number of nitrogens with zero attached hydrogens (tertiary/aromatic N) is 1. The molecule has 0 bridgehead atoms. The number of carbonyl (C=O) groups is 2. The Morgan fingerprint density at radius 1 is 1.58 bits per heavy atom. The number of piperazine rings is 1. The predicted molar refractivity (Wildman–Crippen MR) is 77.7 cm³/mol. The third-order valence-electron chi connectivity index (χ3n) is 3.36. The van der Waals surface area contributed by atoms with Crippen molar-refractivity contribution in [1.29, 1.82) is 0 Å². The van der Waals surface area contributed by atoms with Crippen LogP contribution in [0.25, 0.3) is 0 Å². The largest absolute Gasteiger partial charge is 0.329 e. The third kappa shape index (κ3) is 2.74. The topological polar surface area (TPSA) is 75.4 Å². The minimum atomic E-state index is -0.756. The molecule has 1 atom stereocenters. The first-order valence-electron chi connectivity index (χ1n) is 5.91. The van der Waals surface area contributed by atoms with Crippen molar-refractivity contribution >= 4 is 39.1 Å². The third-order valence-corrected chi connectivity index (χ3v) is 5.15. The summed E-state index contributed by atoms with van der Waals surface area (Å²) in [4.78, 5) is 26.5. The van der Waals surface area contributed by atoms with Crippen LogP contribution < -0.4 is 11.1 Å². The normalized spacial score (nSPS) is 21.3. The van der Waals surface area contributed by atoms with Gasteiger partial charge in [0.1, 0.15) is 0 Å². The van der Waals surface area contributed by atoms with Crippen LogP contribution in [0.4, 0.5) is 0 Å². The van der Waals surface area contributed by atoms with E-state index in [4.69, 9.17) is 5.73 Å². The summed E-state index contributed by atoms with van der Waals surface area (Å²) in [7, 11) is 0. The zero-order valence-electron chi connectivity index (χ0n) is 10.8. The molecule has 3 N–H and O–H groups in total. The molecule has 1 saturated heterocycles. The maximum Gasteiger partial charge on any atom is 0.246 e. The molecule has 0 radical (unpaired) electrons. The summed E-state index contributed by atoms with van der Waals surface area (Å²) >= 11 is 4.98. The second kappa shape index (κ2) is 5.32. The number of nitrogens with one attached hydrogen (secondary N) is 1. The lowest BCUT2D eigenvalue weighted by atomic mass is 9.95. The fourth-order valence-electron chi connectivity index (χ4n) is 2.20. The van der Waals surface area contributed by atoms with Crippen molar-refractivity contribution in [2.24, 2.45) is 5.73 Å². The Labute approximate surface area is 124 Å². The van der Waals surface area contributed by atoms with Gasteiger partial charge in [-0.1, -0.05) is 0 Å². The van der Waals surface area contributed by atoms with E-state index in [-0.39, 0.29) is 24.4 Å². The summed E-state index contributed by atoms with van der Waals surface area (Å²) in [6.45, 7) is 4.15. The van der Waals surface area contributed by atoms with Crippen LogP contribution in [0.2, 0.25) is 0 Å². The highest BCUT2D eigenvalue weighted by Crippen LogP contribution is 2.34. The van der Waals surface area contributed by atoms with Crippen LogP contribution in [-0.2, 0) is 9.59 Å². The van der Waals surface area contributed by atoms with Crippen molar-refractivity contribution < 1.29 is 9.59 Å². The van der Waals surface area contributed by atoms with Gasteiger partial charge in [0, 0.05) is 21.3 Å². The number of hydrogen-bond donors (Lipinski definition) is 2. The number of carbonyl (C=O) groups excluding carboxylic acids is 2. The summed E-state index contributed by atoms with van der Waals surface area (Å²) < 4.78 is 0.983. The lowest BCUT2D eigenvalue weighted by molar-refractivity contribution is -0.147. The average molecular weight is 346 g/mol. The summed E-state index contributed by atoms with van der Waals surface area (Å²) in [6.07, 6.45) is 0. The zero-order chi connectivity index (χ0) is 14.2. The van der Waals surface area contributed by atoms with Gasteiger partial charge in [0.25, 0.3) is 0 Å². The predicted octanol–water partition coefficient (Wildman–Crippen LogP) is 1.25. The number of imide groups is 1. The van der Waals surface area contributed by atoms with Crippen LogP contribution in [0, 0.1) is 0 Å². The van der Waals surface area contributed by atoms with Gasteiger partial charge in [-0.2, -0.15) is 0 Å². The Balaban J connectivity index is 2.35. The Kier molecular flexibility index (Phi) is 4.10. The smallest absolute Gasteiger partial charge is 0.246 e. The van der Waals surface area contributed by atoms with Gasteiger partial charge in [-0.15, -0.1) is 11.3 Å². The molecule has 2 rings (SSSR count). The van der Waals surface area contributed by atoms with Crippen molar-refractivity contribution in [2.75, 3.05) is 13.1 Å². The molecule has 1 aromatic heterocycles. The van der Waals surface area contributed by atoms with Crippen molar-refractivity contribution in [1.82, 2.24) is 10.2 Å². The molecular formula is C12H16BrN3O2S. The van der Waals surface area contributed by atoms with Crippen molar-refractivity contribution in [3.05, 3.63) is 20.8 Å². The van der Waals surface area contributed by atoms with Gasteiger partial charge in [-0.25, -0.2) is 0 Å². The van der Waals surface area contributed by atoms with Gasteiger partial charge in [0.05, 0.1) is 18.1 Å². The Morgan fingerprint density at radius 3 is 2.79 bits per heavy atom. The molecule has 1 aromatic rings. The van der Waals surface area contributed by atoms with E-state index in [2.05, 4.69) is 21.2 Å². The van der Waals surface area contributed by atoms with Crippen LogP contribution in [0.15, 0.2) is 15.9 Å². The molecule has 0 aliphatic carbocycles. The maximum absolute atomic E-state index is 12.0. The van der Waals surface area contributed by atoms with Gasteiger partial charge >= 0.3 is 0 Å². The lowest BCUT2D eigenvalue weighted by Gasteiger charge is -2.44. The molecule has 0 spiro atoms. The molecule has 1 aliphatic rings. The summed E-state index contributed by atoms with van der Waals surface area (Å²) in [6, 6.07) is 1.84. The number of rotatable bonds is 3. The quantitative estimate of drug-likeness (QED) is 0.808. The minimum absolute atomic E-state index is 0.138. The van der Waals surface area contributed by atoms with Crippen molar-refractivity contribution in [2.45, 2.75) is 25.4 Å². The molecule has 19 heavy (non-hydrogen) atoms. The monoisotopic (exact) mass is 345 g/mol. The highest BCUT2D eigenvalue weighted by Gasteiger charge is 2.44. The molecule has 7 heteroatoms. The zero-order valence-corrected chi connectivity index (χ0v) is 13.2. The summed E-state index contributed by atoms with van der Waals surface area (Å²) in [5.41, 5.74) is 5.11. The number of thiophene rings is 1. The fraction of sp³-hybridized carbons (Fsp3) is 0.500. The Hall–Kier alpha value is -0.760. The van der Waals surface area contributed by atoms with Gasteiger partial charge in [0.2, 0.25) is 11.8 Å². The molecule has 104 valence electrons. The molecule has 5 nitrogen and oxygen atoms in total. The second-order valence-corrected chi connectivity index (χ2v) is 6.84. The lowest BCUT2D eigenvalue weighted by Crippen LogP contribution is -2.65. The van der Waals surface area contributed by atoms with E-state index in [1.165, 1.54) is 0 Å². The first-order chi connectivity index (χ1) is 8.86. The van der Waals surface area contributed by atoms with Gasteiger partial charge in [0.15, 0.2) is 0 Å². The molecule has 1 unspecified atom stereocenters. The van der Waals surface area contributed by atoms with Gasteiger partial charge in [-0.05, 0) is 35.8 Å². The molecule has 2 amide bonds. The van der Waals surface area contributed by atoms with E-state index in [0.29, 0.717) is 6.54 Å². The van der Waals surface area contributed by atoms with Crippen LogP contribution in [-0.4, -0.2) is 35.3 Å². The van der Waals surface area contributed by atoms with Crippen LogP contribution in [0.1, 0.15) is 24.8 Å². The Bertz CT molecular complexity index is 515. The maximum atomic E-state index is 12.0. The number of amides is 2. The Morgan fingerprint density at radius 2 is 2.26 bits per heavy atom. The average Bonchev–Trinajstić information content (AvgIpc) is 2.73. The van der Waals surface area contributed by atoms with Gasteiger partial charge < -0.3 is 5.73 Å².